The number of ether oxygens (including phenoxy) is 2. The molecule has 0 saturated carbocycles. The zero-order valence-corrected chi connectivity index (χ0v) is 15.3. The summed E-state index contributed by atoms with van der Waals surface area (Å²) in [6, 6.07) is 11.2. The smallest absolute Gasteiger partial charge is 0.253 e. The van der Waals surface area contributed by atoms with E-state index >= 15 is 0 Å². The number of amides is 1. The monoisotopic (exact) mass is 354 g/mol. The fourth-order valence-corrected chi connectivity index (χ4v) is 3.00. The first-order valence-electron chi connectivity index (χ1n) is 9.35. The molecule has 1 aromatic heterocycles. The fraction of sp³-hybridized carbons (Fsp3) is 0.429. The maximum Gasteiger partial charge on any atom is 0.253 e. The van der Waals surface area contributed by atoms with E-state index in [1.165, 1.54) is 0 Å². The lowest BCUT2D eigenvalue weighted by Gasteiger charge is -2.32. The average Bonchev–Trinajstić information content (AvgIpc) is 2.70. The van der Waals surface area contributed by atoms with Crippen molar-refractivity contribution in [1.82, 2.24) is 9.88 Å². The highest BCUT2D eigenvalue weighted by Crippen LogP contribution is 2.20. The quantitative estimate of drug-likeness (QED) is 0.707. The maximum atomic E-state index is 12.7. The highest BCUT2D eigenvalue weighted by molar-refractivity contribution is 5.94. The van der Waals surface area contributed by atoms with E-state index < -0.39 is 0 Å². The molecule has 1 aromatic carbocycles. The Bertz CT molecular complexity index is 680. The average molecular weight is 354 g/mol. The van der Waals surface area contributed by atoms with Gasteiger partial charge >= 0.3 is 0 Å². The van der Waals surface area contributed by atoms with E-state index in [4.69, 9.17) is 9.47 Å². The first kappa shape index (κ1) is 18.2. The van der Waals surface area contributed by atoms with Crippen molar-refractivity contribution in [3.05, 3.63) is 54.4 Å². The molecule has 1 fully saturated rings. The van der Waals surface area contributed by atoms with Gasteiger partial charge in [0.15, 0.2) is 0 Å². The molecule has 0 spiro atoms. The number of benzene rings is 1. The van der Waals surface area contributed by atoms with E-state index in [1.807, 2.05) is 41.3 Å². The van der Waals surface area contributed by atoms with Gasteiger partial charge in [-0.2, -0.15) is 0 Å². The predicted molar refractivity (Wildman–Crippen MR) is 101 cm³/mol. The van der Waals surface area contributed by atoms with Crippen molar-refractivity contribution in [2.45, 2.75) is 38.7 Å². The van der Waals surface area contributed by atoms with Crippen molar-refractivity contribution < 1.29 is 14.3 Å². The Labute approximate surface area is 155 Å². The Kier molecular flexibility index (Phi) is 6.47. The van der Waals surface area contributed by atoms with E-state index in [2.05, 4.69) is 11.9 Å². The zero-order chi connectivity index (χ0) is 18.2. The van der Waals surface area contributed by atoms with E-state index in [0.29, 0.717) is 25.3 Å². The minimum atomic E-state index is 0.0740. The van der Waals surface area contributed by atoms with Crippen LogP contribution in [0.25, 0.3) is 0 Å². The lowest BCUT2D eigenvalue weighted by atomic mass is 10.1. The fourth-order valence-electron chi connectivity index (χ4n) is 3.00. The van der Waals surface area contributed by atoms with Gasteiger partial charge in [0.05, 0.1) is 12.8 Å². The van der Waals surface area contributed by atoms with Gasteiger partial charge in [0.25, 0.3) is 5.91 Å². The van der Waals surface area contributed by atoms with Crippen LogP contribution in [0.3, 0.4) is 0 Å². The first-order chi connectivity index (χ1) is 12.8. The first-order valence-corrected chi connectivity index (χ1v) is 9.35. The molecule has 3 rings (SSSR count). The standard InChI is InChI=1S/C21H26N2O3/c1-2-3-15-25-18-8-6-17(7-9-18)21(24)23-13-10-19(11-14-23)26-20-5-4-12-22-16-20/h4-9,12,16,19H,2-3,10-11,13-15H2,1H3. The summed E-state index contributed by atoms with van der Waals surface area (Å²) in [5, 5.41) is 0. The van der Waals surface area contributed by atoms with Gasteiger partial charge in [0.1, 0.15) is 17.6 Å². The minimum absolute atomic E-state index is 0.0740. The molecule has 0 aliphatic carbocycles. The van der Waals surface area contributed by atoms with E-state index in [0.717, 1.165) is 37.2 Å². The van der Waals surface area contributed by atoms with Crippen LogP contribution < -0.4 is 9.47 Å². The minimum Gasteiger partial charge on any atom is -0.494 e. The van der Waals surface area contributed by atoms with Crippen LogP contribution in [-0.4, -0.2) is 41.6 Å². The number of nitrogens with zero attached hydrogens (tertiary/aromatic N) is 2. The summed E-state index contributed by atoms with van der Waals surface area (Å²) in [5.41, 5.74) is 0.708. The third kappa shape index (κ3) is 4.97. The second-order valence-electron chi connectivity index (χ2n) is 6.52. The van der Waals surface area contributed by atoms with Crippen LogP contribution in [-0.2, 0) is 0 Å². The molecule has 0 unspecified atom stereocenters. The van der Waals surface area contributed by atoms with Gasteiger partial charge in [-0.15, -0.1) is 0 Å². The highest BCUT2D eigenvalue weighted by Gasteiger charge is 2.24. The number of rotatable bonds is 7. The van der Waals surface area contributed by atoms with Crippen molar-refractivity contribution in [2.75, 3.05) is 19.7 Å². The van der Waals surface area contributed by atoms with E-state index in [-0.39, 0.29) is 12.0 Å². The van der Waals surface area contributed by atoms with Crippen LogP contribution in [0.5, 0.6) is 11.5 Å². The highest BCUT2D eigenvalue weighted by atomic mass is 16.5. The number of pyridine rings is 1. The van der Waals surface area contributed by atoms with Crippen LogP contribution in [0, 0.1) is 0 Å². The third-order valence-electron chi connectivity index (χ3n) is 4.53. The van der Waals surface area contributed by atoms with Gasteiger partial charge in [-0.1, -0.05) is 13.3 Å². The Morgan fingerprint density at radius 3 is 2.58 bits per heavy atom. The number of carbonyl (C=O) groups excluding carboxylic acids is 1. The molecule has 0 radical (unpaired) electrons. The molecule has 2 heterocycles. The molecule has 5 nitrogen and oxygen atoms in total. The zero-order valence-electron chi connectivity index (χ0n) is 15.3. The SMILES string of the molecule is CCCCOc1ccc(C(=O)N2CCC(Oc3cccnc3)CC2)cc1. The molecule has 0 bridgehead atoms. The second-order valence-corrected chi connectivity index (χ2v) is 6.52. The molecule has 2 aromatic rings. The second kappa shape index (κ2) is 9.22. The Morgan fingerprint density at radius 1 is 1.15 bits per heavy atom. The number of piperidine rings is 1. The number of carbonyl (C=O) groups is 1. The number of hydrogen-bond donors (Lipinski definition) is 0. The van der Waals surface area contributed by atoms with Crippen molar-refractivity contribution in [3.63, 3.8) is 0 Å². The molecule has 1 saturated heterocycles. The van der Waals surface area contributed by atoms with Crippen LogP contribution >= 0.6 is 0 Å². The van der Waals surface area contributed by atoms with E-state index in [1.54, 1.807) is 12.4 Å². The molecular weight excluding hydrogens is 328 g/mol. The number of aromatic nitrogens is 1. The topological polar surface area (TPSA) is 51.7 Å². The van der Waals surface area contributed by atoms with Crippen molar-refractivity contribution in [1.29, 1.82) is 0 Å². The van der Waals surface area contributed by atoms with Crippen LogP contribution in [0.15, 0.2) is 48.8 Å². The summed E-state index contributed by atoms with van der Waals surface area (Å²) in [4.78, 5) is 18.6. The normalized spacial score (nSPS) is 14.9. The molecule has 0 N–H and O–H groups in total. The molecular formula is C21H26N2O3. The molecule has 0 atom stereocenters. The molecule has 1 amide bonds. The summed E-state index contributed by atoms with van der Waals surface area (Å²) in [6.07, 6.45) is 7.40. The van der Waals surface area contributed by atoms with Crippen LogP contribution in [0.2, 0.25) is 0 Å². The van der Waals surface area contributed by atoms with Gasteiger partial charge in [-0.05, 0) is 42.8 Å². The summed E-state index contributed by atoms with van der Waals surface area (Å²) in [6.45, 7) is 4.27. The van der Waals surface area contributed by atoms with Crippen LogP contribution in [0.4, 0.5) is 0 Å². The van der Waals surface area contributed by atoms with Crippen LogP contribution in [0.1, 0.15) is 43.0 Å². The van der Waals surface area contributed by atoms with Gasteiger partial charge in [0, 0.05) is 37.7 Å². The molecule has 138 valence electrons. The Hall–Kier alpha value is -2.56. The molecule has 5 heteroatoms. The number of likely N-dealkylation sites (tertiary alicyclic amines) is 1. The van der Waals surface area contributed by atoms with Gasteiger partial charge in [0.2, 0.25) is 0 Å². The van der Waals surface area contributed by atoms with Gasteiger partial charge < -0.3 is 14.4 Å². The van der Waals surface area contributed by atoms with Crippen molar-refractivity contribution in [3.8, 4) is 11.5 Å². The summed E-state index contributed by atoms with van der Waals surface area (Å²) < 4.78 is 11.6. The third-order valence-corrected chi connectivity index (χ3v) is 4.53. The van der Waals surface area contributed by atoms with E-state index in [9.17, 15) is 4.79 Å². The molecule has 26 heavy (non-hydrogen) atoms. The predicted octanol–water partition coefficient (Wildman–Crippen LogP) is 3.94. The number of hydrogen-bond acceptors (Lipinski definition) is 4. The van der Waals surface area contributed by atoms with Crippen molar-refractivity contribution >= 4 is 5.91 Å². The summed E-state index contributed by atoms with van der Waals surface area (Å²) in [5.74, 6) is 1.68. The Morgan fingerprint density at radius 2 is 1.92 bits per heavy atom. The summed E-state index contributed by atoms with van der Waals surface area (Å²) >= 11 is 0. The lowest BCUT2D eigenvalue weighted by Crippen LogP contribution is -2.41. The Balaban J connectivity index is 1.48. The number of unbranched alkanes of at least 4 members (excludes halogenated alkanes) is 1. The lowest BCUT2D eigenvalue weighted by molar-refractivity contribution is 0.0595. The van der Waals surface area contributed by atoms with Gasteiger partial charge in [-0.25, -0.2) is 0 Å². The molecule has 1 aliphatic rings. The largest absolute Gasteiger partial charge is 0.494 e. The van der Waals surface area contributed by atoms with Gasteiger partial charge in [-0.3, -0.25) is 9.78 Å². The summed E-state index contributed by atoms with van der Waals surface area (Å²) in [7, 11) is 0. The van der Waals surface area contributed by atoms with Crippen molar-refractivity contribution in [2.24, 2.45) is 0 Å². The molecule has 1 aliphatic heterocycles. The maximum absolute atomic E-state index is 12.7.